The molecule has 0 bridgehead atoms. The Hall–Kier alpha value is -3.13. The van der Waals surface area contributed by atoms with E-state index in [1.54, 1.807) is 4.88 Å². The number of aromatic nitrogens is 1. The van der Waals surface area contributed by atoms with Crippen molar-refractivity contribution in [3.8, 4) is 0 Å². The number of thiophene rings is 1. The van der Waals surface area contributed by atoms with Gasteiger partial charge in [-0.25, -0.2) is 4.98 Å². The fourth-order valence-electron chi connectivity index (χ4n) is 7.72. The van der Waals surface area contributed by atoms with Gasteiger partial charge in [-0.1, -0.05) is 74.5 Å². The zero-order valence-electron chi connectivity index (χ0n) is 28.4. The van der Waals surface area contributed by atoms with Crippen LogP contribution in [0.5, 0.6) is 0 Å². The zero-order chi connectivity index (χ0) is 31.9. The van der Waals surface area contributed by atoms with Crippen molar-refractivity contribution >= 4 is 22.9 Å². The molecule has 46 heavy (non-hydrogen) atoms. The first-order valence-electron chi connectivity index (χ1n) is 17.5. The van der Waals surface area contributed by atoms with Gasteiger partial charge in [-0.15, -0.1) is 11.3 Å². The summed E-state index contributed by atoms with van der Waals surface area (Å²) in [5.74, 6) is 3.25. The van der Waals surface area contributed by atoms with Gasteiger partial charge in [0.05, 0.1) is 11.7 Å². The normalized spacial score (nSPS) is 19.9. The van der Waals surface area contributed by atoms with Crippen molar-refractivity contribution in [2.45, 2.75) is 65.0 Å². The molecule has 1 aliphatic heterocycles. The van der Waals surface area contributed by atoms with Crippen molar-refractivity contribution in [2.24, 2.45) is 11.8 Å². The molecule has 7 heteroatoms. The maximum atomic E-state index is 6.98. The largest absolute Gasteiger partial charge is 0.423 e. The molecule has 0 amide bonds. The Morgan fingerprint density at radius 2 is 1.50 bits per heavy atom. The molecule has 1 aliphatic carbocycles. The molecule has 2 fully saturated rings. The third-order valence-electron chi connectivity index (χ3n) is 10.3. The van der Waals surface area contributed by atoms with E-state index in [1.165, 1.54) is 48.9 Å². The number of rotatable bonds is 13. The second-order valence-corrected chi connectivity index (χ2v) is 14.5. The Morgan fingerprint density at radius 3 is 2.13 bits per heavy atom. The lowest BCUT2D eigenvalue weighted by molar-refractivity contribution is 0.0931. The lowest BCUT2D eigenvalue weighted by Gasteiger charge is -2.38. The number of piperazine rings is 1. The monoisotopic (exact) mass is 639 g/mol. The van der Waals surface area contributed by atoms with Crippen molar-refractivity contribution in [3.63, 3.8) is 0 Å². The van der Waals surface area contributed by atoms with Gasteiger partial charge in [-0.3, -0.25) is 9.80 Å². The summed E-state index contributed by atoms with van der Waals surface area (Å²) in [7, 11) is 4.33. The molecular formula is C39H53N5OS. The Kier molecular flexibility index (Phi) is 11.2. The molecule has 0 N–H and O–H groups in total. The van der Waals surface area contributed by atoms with Gasteiger partial charge in [0.1, 0.15) is 5.69 Å². The van der Waals surface area contributed by atoms with Gasteiger partial charge in [0.15, 0.2) is 0 Å². The summed E-state index contributed by atoms with van der Waals surface area (Å²) in [5.41, 5.74) is 5.16. The molecule has 2 aliphatic rings. The van der Waals surface area contributed by atoms with Gasteiger partial charge in [-0.2, -0.15) is 0 Å². The number of nitrogens with zero attached hydrogens (tertiary/aromatic N) is 5. The van der Waals surface area contributed by atoms with Gasteiger partial charge in [0, 0.05) is 58.1 Å². The fourth-order valence-corrected chi connectivity index (χ4v) is 8.78. The quantitative estimate of drug-likeness (QED) is 0.147. The second-order valence-electron chi connectivity index (χ2n) is 13.5. The molecule has 1 atom stereocenters. The van der Waals surface area contributed by atoms with Gasteiger partial charge in [0.2, 0.25) is 11.8 Å². The van der Waals surface area contributed by atoms with Crippen LogP contribution in [0.2, 0.25) is 0 Å². The second kappa shape index (κ2) is 15.6. The van der Waals surface area contributed by atoms with Gasteiger partial charge in [0.25, 0.3) is 0 Å². The molecule has 0 spiro atoms. The number of anilines is 2. The molecule has 1 saturated carbocycles. The first kappa shape index (κ1) is 32.8. The lowest BCUT2D eigenvalue weighted by atomic mass is 9.76. The smallest absolute Gasteiger partial charge is 0.220 e. The molecule has 2 aromatic heterocycles. The molecule has 3 heterocycles. The standard InChI is InChI=1S/C39H53N5OS/c1-5-43(6-2)37(33-19-17-31(18-20-33)28-36-35(41(3)4)21-26-46-36)38-40-34(27-30-13-9-7-10-14-30)39(45-38)44-24-22-42(23-25-44)29-32-15-11-8-12-16-32/h7-16,21,26,31,33,37H,5-6,17-20,22-25,27-29H2,1-4H3. The number of oxazole rings is 1. The summed E-state index contributed by atoms with van der Waals surface area (Å²) >= 11 is 1.92. The van der Waals surface area contributed by atoms with E-state index < -0.39 is 0 Å². The number of hydrogen-bond acceptors (Lipinski definition) is 7. The predicted molar refractivity (Wildman–Crippen MR) is 193 cm³/mol. The SMILES string of the molecule is CCN(CC)C(c1nc(Cc2ccccc2)c(N2CCN(Cc3ccccc3)CC2)o1)C1CCC(Cc2sccc2N(C)C)CC1. The Balaban J connectivity index is 1.20. The van der Waals surface area contributed by atoms with Crippen molar-refractivity contribution in [1.82, 2.24) is 14.8 Å². The van der Waals surface area contributed by atoms with Crippen LogP contribution in [0, 0.1) is 11.8 Å². The molecule has 6 rings (SSSR count). The summed E-state index contributed by atoms with van der Waals surface area (Å²) in [6.07, 6.45) is 7.03. The van der Waals surface area contributed by atoms with Crippen LogP contribution in [-0.4, -0.2) is 68.1 Å². The topological polar surface area (TPSA) is 39.0 Å². The van der Waals surface area contributed by atoms with Crippen molar-refractivity contribution in [2.75, 3.05) is 63.2 Å². The average molecular weight is 640 g/mol. The van der Waals surface area contributed by atoms with E-state index in [1.807, 2.05) is 11.3 Å². The van der Waals surface area contributed by atoms with Crippen LogP contribution < -0.4 is 9.80 Å². The summed E-state index contributed by atoms with van der Waals surface area (Å²) in [6, 6.07) is 24.1. The van der Waals surface area contributed by atoms with Crippen LogP contribution in [0.25, 0.3) is 0 Å². The van der Waals surface area contributed by atoms with Crippen molar-refractivity contribution < 1.29 is 4.42 Å². The summed E-state index contributed by atoms with van der Waals surface area (Å²) in [5, 5.41) is 2.25. The van der Waals surface area contributed by atoms with Crippen molar-refractivity contribution in [1.29, 1.82) is 0 Å². The minimum atomic E-state index is 0.220. The van der Waals surface area contributed by atoms with E-state index in [0.29, 0.717) is 5.92 Å². The minimum absolute atomic E-state index is 0.220. The van der Waals surface area contributed by atoms with E-state index in [2.05, 4.69) is 120 Å². The highest BCUT2D eigenvalue weighted by Crippen LogP contribution is 2.43. The van der Waals surface area contributed by atoms with Crippen LogP contribution >= 0.6 is 11.3 Å². The average Bonchev–Trinajstić information content (AvgIpc) is 3.73. The highest BCUT2D eigenvalue weighted by Gasteiger charge is 2.36. The number of hydrogen-bond donors (Lipinski definition) is 0. The summed E-state index contributed by atoms with van der Waals surface area (Å²) < 4.78 is 6.98. The van der Waals surface area contributed by atoms with Crippen LogP contribution in [0.4, 0.5) is 11.6 Å². The third kappa shape index (κ3) is 7.87. The van der Waals surface area contributed by atoms with Crippen LogP contribution in [0.3, 0.4) is 0 Å². The molecule has 246 valence electrons. The molecule has 6 nitrogen and oxygen atoms in total. The highest BCUT2D eigenvalue weighted by atomic mass is 32.1. The minimum Gasteiger partial charge on any atom is -0.423 e. The molecule has 4 aromatic rings. The lowest BCUT2D eigenvalue weighted by Crippen LogP contribution is -2.46. The Morgan fingerprint density at radius 1 is 0.848 bits per heavy atom. The first-order chi connectivity index (χ1) is 22.5. The summed E-state index contributed by atoms with van der Waals surface area (Å²) in [6.45, 7) is 11.6. The summed E-state index contributed by atoms with van der Waals surface area (Å²) in [4.78, 5) is 16.9. The van der Waals surface area contributed by atoms with E-state index >= 15 is 0 Å². The molecule has 1 saturated heterocycles. The van der Waals surface area contributed by atoms with E-state index in [-0.39, 0.29) is 6.04 Å². The first-order valence-corrected chi connectivity index (χ1v) is 18.4. The third-order valence-corrected chi connectivity index (χ3v) is 11.2. The predicted octanol–water partition coefficient (Wildman–Crippen LogP) is 8.15. The molecule has 1 unspecified atom stereocenters. The maximum Gasteiger partial charge on any atom is 0.220 e. The van der Waals surface area contributed by atoms with E-state index in [4.69, 9.17) is 9.40 Å². The fraction of sp³-hybridized carbons (Fsp3) is 0.513. The van der Waals surface area contributed by atoms with E-state index in [9.17, 15) is 0 Å². The maximum absolute atomic E-state index is 6.98. The van der Waals surface area contributed by atoms with Crippen LogP contribution in [0.1, 0.15) is 73.2 Å². The number of benzene rings is 2. The van der Waals surface area contributed by atoms with Gasteiger partial charge < -0.3 is 14.2 Å². The molecule has 0 radical (unpaired) electrons. The van der Waals surface area contributed by atoms with Crippen LogP contribution in [0.15, 0.2) is 76.5 Å². The van der Waals surface area contributed by atoms with Gasteiger partial charge >= 0.3 is 0 Å². The Labute approximate surface area is 281 Å². The Bertz CT molecular complexity index is 1460. The van der Waals surface area contributed by atoms with E-state index in [0.717, 1.165) is 75.6 Å². The van der Waals surface area contributed by atoms with Gasteiger partial charge in [-0.05, 0) is 79.6 Å². The van der Waals surface area contributed by atoms with Crippen molar-refractivity contribution in [3.05, 3.63) is 99.7 Å². The molecule has 2 aromatic carbocycles. The van der Waals surface area contributed by atoms with Crippen LogP contribution in [-0.2, 0) is 19.4 Å². The molecular weight excluding hydrogens is 587 g/mol. The highest BCUT2D eigenvalue weighted by molar-refractivity contribution is 7.10. The zero-order valence-corrected chi connectivity index (χ0v) is 29.2.